The Balaban J connectivity index is 2.25. The molecule has 0 unspecified atom stereocenters. The van der Waals surface area contributed by atoms with Gasteiger partial charge in [0.05, 0.1) is 17.6 Å². The van der Waals surface area contributed by atoms with Crippen molar-refractivity contribution in [2.24, 2.45) is 0 Å². The molecular weight excluding hydrogens is 294 g/mol. The van der Waals surface area contributed by atoms with Crippen LogP contribution in [-0.2, 0) is 0 Å². The largest absolute Gasteiger partial charge is 0.430 e. The Morgan fingerprint density at radius 1 is 1.32 bits per heavy atom. The molecule has 1 aromatic heterocycles. The molecule has 2 aromatic rings. The van der Waals surface area contributed by atoms with Crippen LogP contribution in [0.3, 0.4) is 0 Å². The molecule has 1 heterocycles. The Labute approximate surface area is 125 Å². The Kier molecular flexibility index (Phi) is 4.34. The number of rotatable bonds is 4. The molecule has 2 N–H and O–H groups in total. The third-order valence-corrected chi connectivity index (χ3v) is 2.90. The number of nitrogens with zero attached hydrogens (tertiary/aromatic N) is 3. The maximum atomic E-state index is 12.9. The van der Waals surface area contributed by atoms with Crippen LogP contribution in [0.2, 0.25) is 0 Å². The number of halogens is 3. The fourth-order valence-corrected chi connectivity index (χ4v) is 1.78. The lowest BCUT2D eigenvalue weighted by atomic mass is 9.94. The number of nitrogens with one attached hydrogen (secondary N) is 2. The second-order valence-corrected chi connectivity index (χ2v) is 4.68. The van der Waals surface area contributed by atoms with E-state index in [1.165, 1.54) is 24.7 Å². The van der Waals surface area contributed by atoms with E-state index < -0.39 is 11.9 Å². The summed E-state index contributed by atoms with van der Waals surface area (Å²) in [6, 6.07) is 6.28. The average Bonchev–Trinajstić information content (AvgIpc) is 2.90. The van der Waals surface area contributed by atoms with Crippen molar-refractivity contribution < 1.29 is 13.2 Å². The summed E-state index contributed by atoms with van der Waals surface area (Å²) in [5.74, 6) is 0. The molecular formula is C13H13BF3N5. The lowest BCUT2D eigenvalue weighted by Crippen LogP contribution is -2.22. The Bertz CT molecular complexity index is 703. The third-order valence-electron chi connectivity index (χ3n) is 2.90. The van der Waals surface area contributed by atoms with E-state index in [2.05, 4.69) is 15.6 Å². The molecule has 1 aromatic carbocycles. The number of aromatic nitrogens is 3. The van der Waals surface area contributed by atoms with E-state index in [9.17, 15) is 13.2 Å². The highest BCUT2D eigenvalue weighted by Crippen LogP contribution is 2.28. The third kappa shape index (κ3) is 3.54. The molecule has 22 heavy (non-hydrogen) atoms. The Hall–Kier alpha value is -2.58. The van der Waals surface area contributed by atoms with Gasteiger partial charge >= 0.3 is 6.18 Å². The second kappa shape index (κ2) is 6.04. The van der Waals surface area contributed by atoms with Crippen LogP contribution in [0.15, 0.2) is 41.6 Å². The van der Waals surface area contributed by atoms with Crippen LogP contribution < -0.4 is 5.32 Å². The van der Waals surface area contributed by atoms with Gasteiger partial charge in [-0.15, -0.1) is 5.10 Å². The Morgan fingerprint density at radius 2 is 1.95 bits per heavy atom. The summed E-state index contributed by atoms with van der Waals surface area (Å²) in [7, 11) is 1.23. The van der Waals surface area contributed by atoms with Gasteiger partial charge < -0.3 is 10.7 Å². The van der Waals surface area contributed by atoms with E-state index in [-0.39, 0.29) is 11.2 Å². The van der Waals surface area contributed by atoms with E-state index in [0.717, 1.165) is 5.69 Å². The molecule has 0 fully saturated rings. The van der Waals surface area contributed by atoms with E-state index in [0.29, 0.717) is 11.9 Å². The van der Waals surface area contributed by atoms with Crippen molar-refractivity contribution in [2.75, 3.05) is 5.32 Å². The molecule has 0 aliphatic carbocycles. The highest BCUT2D eigenvalue weighted by atomic mass is 19.4. The van der Waals surface area contributed by atoms with Crippen LogP contribution in [0, 0.1) is 12.3 Å². The van der Waals surface area contributed by atoms with Crippen molar-refractivity contribution in [1.29, 1.82) is 5.41 Å². The van der Waals surface area contributed by atoms with Gasteiger partial charge in [0, 0.05) is 11.9 Å². The number of allylic oxidation sites excluding steroid dienone is 2. The van der Waals surface area contributed by atoms with Gasteiger partial charge in [-0.05, 0) is 36.7 Å². The maximum absolute atomic E-state index is 12.9. The van der Waals surface area contributed by atoms with Crippen molar-refractivity contribution in [3.8, 4) is 5.69 Å². The van der Waals surface area contributed by atoms with Crippen LogP contribution in [0.25, 0.3) is 5.69 Å². The van der Waals surface area contributed by atoms with E-state index >= 15 is 0 Å². The van der Waals surface area contributed by atoms with Crippen LogP contribution in [0.5, 0.6) is 0 Å². The minimum Gasteiger partial charge on any atom is -0.352 e. The molecule has 0 saturated carbocycles. The summed E-state index contributed by atoms with van der Waals surface area (Å²) in [5.41, 5.74) is 0.558. The Morgan fingerprint density at radius 3 is 2.41 bits per heavy atom. The van der Waals surface area contributed by atoms with E-state index in [1.807, 2.05) is 0 Å². The molecule has 0 bridgehead atoms. The predicted molar refractivity (Wildman–Crippen MR) is 80.1 cm³/mol. The molecule has 114 valence electrons. The van der Waals surface area contributed by atoms with Gasteiger partial charge in [0.25, 0.3) is 0 Å². The number of anilines is 1. The molecule has 0 aliphatic rings. The molecule has 0 atom stereocenters. The topological polar surface area (TPSA) is 66.6 Å². The molecule has 2 rings (SSSR count). The van der Waals surface area contributed by atoms with Crippen molar-refractivity contribution in [3.63, 3.8) is 0 Å². The fraction of sp³-hybridized carbons (Fsp3) is 0.154. The van der Waals surface area contributed by atoms with Crippen LogP contribution in [-0.4, -0.2) is 35.2 Å². The first-order valence-electron chi connectivity index (χ1n) is 6.36. The summed E-state index contributed by atoms with van der Waals surface area (Å²) >= 11 is 0. The number of hydrogen-bond acceptors (Lipinski definition) is 4. The highest BCUT2D eigenvalue weighted by molar-refractivity contribution is 6.33. The van der Waals surface area contributed by atoms with Gasteiger partial charge in [0.2, 0.25) is 0 Å². The zero-order valence-electron chi connectivity index (χ0n) is 11.9. The van der Waals surface area contributed by atoms with Crippen molar-refractivity contribution in [2.45, 2.75) is 13.1 Å². The minimum absolute atomic E-state index is 0.191. The predicted octanol–water partition coefficient (Wildman–Crippen LogP) is 2.04. The SMILES string of the molecule is B/C(C=N)=C(/Nc1ccc(-n2cc(C)nn2)cc1)C(F)(F)F. The normalized spacial score (nSPS) is 12.7. The van der Waals surface area contributed by atoms with Crippen LogP contribution >= 0.6 is 0 Å². The fourth-order valence-electron chi connectivity index (χ4n) is 1.78. The molecule has 0 amide bonds. The number of alkyl halides is 3. The highest BCUT2D eigenvalue weighted by Gasteiger charge is 2.35. The average molecular weight is 307 g/mol. The molecule has 0 spiro atoms. The molecule has 9 heteroatoms. The first-order valence-corrected chi connectivity index (χ1v) is 6.36. The number of aryl methyl sites for hydroxylation is 1. The minimum atomic E-state index is -4.55. The molecule has 0 saturated heterocycles. The van der Waals surface area contributed by atoms with Crippen LogP contribution in [0.1, 0.15) is 5.69 Å². The van der Waals surface area contributed by atoms with Gasteiger partial charge in [0.1, 0.15) is 13.5 Å². The first-order chi connectivity index (χ1) is 10.3. The summed E-state index contributed by atoms with van der Waals surface area (Å²) in [5, 5.41) is 17.0. The molecule has 5 nitrogen and oxygen atoms in total. The quantitative estimate of drug-likeness (QED) is 0.671. The van der Waals surface area contributed by atoms with Gasteiger partial charge in [-0.2, -0.15) is 13.2 Å². The summed E-state index contributed by atoms with van der Waals surface area (Å²) < 4.78 is 40.4. The van der Waals surface area contributed by atoms with Crippen molar-refractivity contribution in [1.82, 2.24) is 15.0 Å². The number of benzene rings is 1. The summed E-state index contributed by atoms with van der Waals surface area (Å²) in [6.07, 6.45) is -2.17. The summed E-state index contributed by atoms with van der Waals surface area (Å²) in [6.45, 7) is 1.79. The second-order valence-electron chi connectivity index (χ2n) is 4.68. The van der Waals surface area contributed by atoms with Crippen LogP contribution in [0.4, 0.5) is 18.9 Å². The zero-order chi connectivity index (χ0) is 16.3. The van der Waals surface area contributed by atoms with E-state index in [1.54, 1.807) is 25.3 Å². The zero-order valence-corrected chi connectivity index (χ0v) is 11.9. The first kappa shape index (κ1) is 15.8. The monoisotopic (exact) mass is 307 g/mol. The van der Waals surface area contributed by atoms with Gasteiger partial charge in [0.15, 0.2) is 0 Å². The van der Waals surface area contributed by atoms with Crippen molar-refractivity contribution in [3.05, 3.63) is 47.3 Å². The molecule has 0 radical (unpaired) electrons. The molecule has 0 aliphatic heterocycles. The smallest absolute Gasteiger partial charge is 0.352 e. The van der Waals surface area contributed by atoms with Gasteiger partial charge in [-0.25, -0.2) is 4.68 Å². The number of hydrogen-bond donors (Lipinski definition) is 2. The van der Waals surface area contributed by atoms with Gasteiger partial charge in [-0.1, -0.05) is 5.21 Å². The maximum Gasteiger partial charge on any atom is 0.430 e. The van der Waals surface area contributed by atoms with E-state index in [4.69, 9.17) is 5.41 Å². The standard InChI is InChI=1S/C13H13BF3N5/c1-8-7-22(21-20-8)10-4-2-9(3-5-10)19-12(11(14)6-18)13(15,16)17/h2-7,18-19H,14H2,1H3/b12-11+,18-6?. The lowest BCUT2D eigenvalue weighted by Gasteiger charge is -2.16. The summed E-state index contributed by atoms with van der Waals surface area (Å²) in [4.78, 5) is 0. The van der Waals surface area contributed by atoms with Crippen molar-refractivity contribution >= 4 is 19.7 Å². The van der Waals surface area contributed by atoms with Gasteiger partial charge in [-0.3, -0.25) is 0 Å². The lowest BCUT2D eigenvalue weighted by molar-refractivity contribution is -0.0903.